The van der Waals surface area contributed by atoms with Gasteiger partial charge in [-0.2, -0.15) is 0 Å². The van der Waals surface area contributed by atoms with E-state index in [9.17, 15) is 14.7 Å². The van der Waals surface area contributed by atoms with E-state index < -0.39 is 11.4 Å². The van der Waals surface area contributed by atoms with E-state index in [0.717, 1.165) is 17.5 Å². The quantitative estimate of drug-likeness (QED) is 0.870. The highest BCUT2D eigenvalue weighted by Crippen LogP contribution is 2.48. The van der Waals surface area contributed by atoms with Crippen molar-refractivity contribution in [3.05, 3.63) is 71.3 Å². The summed E-state index contributed by atoms with van der Waals surface area (Å²) in [6.07, 6.45) is 2.01. The van der Waals surface area contributed by atoms with Gasteiger partial charge in [0.05, 0.1) is 18.1 Å². The van der Waals surface area contributed by atoms with Crippen molar-refractivity contribution in [3.8, 4) is 0 Å². The monoisotopic (exact) mass is 324 g/mol. The number of carboxylic acids is 1. The summed E-state index contributed by atoms with van der Waals surface area (Å²) in [5.41, 5.74) is 1.62. The number of hydrogen-bond acceptors (Lipinski definition) is 3. The summed E-state index contributed by atoms with van der Waals surface area (Å²) in [6.45, 7) is 0. The van der Waals surface area contributed by atoms with Gasteiger partial charge >= 0.3 is 11.9 Å². The van der Waals surface area contributed by atoms with Crippen molar-refractivity contribution >= 4 is 11.9 Å². The molecule has 1 fully saturated rings. The van der Waals surface area contributed by atoms with Crippen LogP contribution >= 0.6 is 0 Å². The molecule has 0 spiro atoms. The van der Waals surface area contributed by atoms with Crippen molar-refractivity contribution in [2.45, 2.75) is 30.6 Å². The van der Waals surface area contributed by atoms with Crippen LogP contribution in [0.5, 0.6) is 0 Å². The highest BCUT2D eigenvalue weighted by molar-refractivity contribution is 5.89. The summed E-state index contributed by atoms with van der Waals surface area (Å²) < 4.78 is 4.71. The molecule has 0 radical (unpaired) electrons. The largest absolute Gasteiger partial charge is 0.481 e. The fourth-order valence-corrected chi connectivity index (χ4v) is 3.68. The second-order valence-electron chi connectivity index (χ2n) is 6.31. The molecule has 2 atom stereocenters. The first-order chi connectivity index (χ1) is 11.6. The summed E-state index contributed by atoms with van der Waals surface area (Å²) in [5.74, 6) is -0.951. The molecular formula is C20H20O4. The molecule has 2 unspecified atom stereocenters. The van der Waals surface area contributed by atoms with Crippen LogP contribution in [0.2, 0.25) is 0 Å². The van der Waals surface area contributed by atoms with E-state index in [-0.39, 0.29) is 11.9 Å². The summed E-state index contributed by atoms with van der Waals surface area (Å²) >= 11 is 0. The predicted molar refractivity (Wildman–Crippen MR) is 90.1 cm³/mol. The second kappa shape index (κ2) is 6.48. The number of benzene rings is 2. The Morgan fingerprint density at radius 3 is 2.33 bits per heavy atom. The fraction of sp³-hybridized carbons (Fsp3) is 0.300. The molecule has 0 saturated heterocycles. The van der Waals surface area contributed by atoms with Gasteiger partial charge in [0, 0.05) is 0 Å². The van der Waals surface area contributed by atoms with Crippen LogP contribution in [0.15, 0.2) is 54.6 Å². The maximum atomic E-state index is 12.0. The second-order valence-corrected chi connectivity index (χ2v) is 6.31. The number of methoxy groups -OCH3 is 1. The Kier molecular flexibility index (Phi) is 4.38. The van der Waals surface area contributed by atoms with Gasteiger partial charge in [-0.15, -0.1) is 0 Å². The summed E-state index contributed by atoms with van der Waals surface area (Å²) in [7, 11) is 1.36. The summed E-state index contributed by atoms with van der Waals surface area (Å²) in [4.78, 5) is 23.5. The highest BCUT2D eigenvalue weighted by atomic mass is 16.5. The first-order valence-electron chi connectivity index (χ1n) is 8.04. The number of carbonyl (C=O) groups excluding carboxylic acids is 1. The Hall–Kier alpha value is -2.62. The van der Waals surface area contributed by atoms with Crippen molar-refractivity contribution in [1.82, 2.24) is 0 Å². The Labute approximate surface area is 141 Å². The third-order valence-corrected chi connectivity index (χ3v) is 5.05. The number of carboxylic acid groups (broad SMARTS) is 1. The standard InChI is InChI=1S/C20H20O4/c1-24-18(21)15-9-7-14(8-10-15)16-11-12-20(13-16,19(22)23)17-5-3-2-4-6-17/h2-10,16H,11-13H2,1H3,(H,22,23). The Bertz CT molecular complexity index is 736. The average Bonchev–Trinajstić information content (AvgIpc) is 3.09. The number of hydrogen-bond donors (Lipinski definition) is 1. The van der Waals surface area contributed by atoms with Crippen molar-refractivity contribution < 1.29 is 19.4 Å². The van der Waals surface area contributed by atoms with Gasteiger partial charge in [0.25, 0.3) is 0 Å². The smallest absolute Gasteiger partial charge is 0.337 e. The normalized spacial score (nSPS) is 23.0. The Morgan fingerprint density at radius 1 is 1.08 bits per heavy atom. The topological polar surface area (TPSA) is 63.6 Å². The highest BCUT2D eigenvalue weighted by Gasteiger charge is 2.47. The summed E-state index contributed by atoms with van der Waals surface area (Å²) in [6, 6.07) is 16.8. The lowest BCUT2D eigenvalue weighted by atomic mass is 9.77. The molecule has 0 heterocycles. The third-order valence-electron chi connectivity index (χ3n) is 5.05. The van der Waals surface area contributed by atoms with Gasteiger partial charge in [0.1, 0.15) is 0 Å². The van der Waals surface area contributed by atoms with Crippen LogP contribution in [0.3, 0.4) is 0 Å². The molecule has 1 saturated carbocycles. The zero-order chi connectivity index (χ0) is 17.2. The fourth-order valence-electron chi connectivity index (χ4n) is 3.68. The molecular weight excluding hydrogens is 304 g/mol. The third kappa shape index (κ3) is 2.80. The van der Waals surface area contributed by atoms with E-state index in [0.29, 0.717) is 18.4 Å². The molecule has 124 valence electrons. The minimum Gasteiger partial charge on any atom is -0.481 e. The van der Waals surface area contributed by atoms with Gasteiger partial charge in [0.15, 0.2) is 0 Å². The molecule has 3 rings (SSSR count). The maximum absolute atomic E-state index is 12.0. The van der Waals surface area contributed by atoms with Crippen LogP contribution < -0.4 is 0 Å². The van der Waals surface area contributed by atoms with Gasteiger partial charge < -0.3 is 9.84 Å². The molecule has 0 bridgehead atoms. The first-order valence-corrected chi connectivity index (χ1v) is 8.04. The maximum Gasteiger partial charge on any atom is 0.337 e. The van der Waals surface area contributed by atoms with Crippen LogP contribution in [-0.2, 0) is 14.9 Å². The van der Waals surface area contributed by atoms with Gasteiger partial charge in [-0.3, -0.25) is 4.79 Å². The van der Waals surface area contributed by atoms with Gasteiger partial charge in [-0.05, 0) is 48.4 Å². The average molecular weight is 324 g/mol. The van der Waals surface area contributed by atoms with Gasteiger partial charge in [-0.1, -0.05) is 42.5 Å². The minimum absolute atomic E-state index is 0.174. The van der Waals surface area contributed by atoms with E-state index in [2.05, 4.69) is 0 Å². The van der Waals surface area contributed by atoms with Crippen LogP contribution in [0.4, 0.5) is 0 Å². The predicted octanol–water partition coefficient (Wildman–Crippen LogP) is 3.76. The summed E-state index contributed by atoms with van der Waals surface area (Å²) in [5, 5.41) is 9.87. The molecule has 1 aliphatic carbocycles. The molecule has 0 aliphatic heterocycles. The lowest BCUT2D eigenvalue weighted by molar-refractivity contribution is -0.143. The van der Waals surface area contributed by atoms with Gasteiger partial charge in [0.2, 0.25) is 0 Å². The van der Waals surface area contributed by atoms with Crippen LogP contribution in [0.25, 0.3) is 0 Å². The molecule has 2 aromatic rings. The zero-order valence-electron chi connectivity index (χ0n) is 13.6. The first kappa shape index (κ1) is 16.2. The SMILES string of the molecule is COC(=O)c1ccc(C2CCC(C(=O)O)(c3ccccc3)C2)cc1. The van der Waals surface area contributed by atoms with Crippen LogP contribution in [-0.4, -0.2) is 24.2 Å². The minimum atomic E-state index is -0.826. The molecule has 4 nitrogen and oxygen atoms in total. The van der Waals surface area contributed by atoms with Crippen molar-refractivity contribution in [3.63, 3.8) is 0 Å². The molecule has 1 N–H and O–H groups in total. The Balaban J connectivity index is 1.85. The number of carbonyl (C=O) groups is 2. The van der Waals surface area contributed by atoms with Crippen molar-refractivity contribution in [1.29, 1.82) is 0 Å². The van der Waals surface area contributed by atoms with Crippen molar-refractivity contribution in [2.75, 3.05) is 7.11 Å². The van der Waals surface area contributed by atoms with E-state index in [4.69, 9.17) is 4.74 Å². The number of aliphatic carboxylic acids is 1. The van der Waals surface area contributed by atoms with Crippen LogP contribution in [0.1, 0.15) is 46.7 Å². The molecule has 0 aromatic heterocycles. The van der Waals surface area contributed by atoms with E-state index in [1.54, 1.807) is 12.1 Å². The lowest BCUT2D eigenvalue weighted by Crippen LogP contribution is -2.32. The van der Waals surface area contributed by atoms with Crippen LogP contribution in [0, 0.1) is 0 Å². The zero-order valence-corrected chi connectivity index (χ0v) is 13.6. The van der Waals surface area contributed by atoms with E-state index >= 15 is 0 Å². The Morgan fingerprint density at radius 2 is 1.75 bits per heavy atom. The van der Waals surface area contributed by atoms with Gasteiger partial charge in [-0.25, -0.2) is 4.79 Å². The molecule has 0 amide bonds. The molecule has 1 aliphatic rings. The number of rotatable bonds is 4. The van der Waals surface area contributed by atoms with E-state index in [1.165, 1.54) is 7.11 Å². The van der Waals surface area contributed by atoms with E-state index in [1.807, 2.05) is 42.5 Å². The lowest BCUT2D eigenvalue weighted by Gasteiger charge is -2.25. The molecule has 2 aromatic carbocycles. The molecule has 24 heavy (non-hydrogen) atoms. The molecule has 4 heteroatoms. The number of ether oxygens (including phenoxy) is 1. The number of esters is 1. The van der Waals surface area contributed by atoms with Crippen molar-refractivity contribution in [2.24, 2.45) is 0 Å².